The van der Waals surface area contributed by atoms with Gasteiger partial charge in [-0.15, -0.1) is 0 Å². The maximum absolute atomic E-state index is 11.6. The highest BCUT2D eigenvalue weighted by Crippen LogP contribution is 2.32. The Kier molecular flexibility index (Phi) is 3.04. The van der Waals surface area contributed by atoms with E-state index in [9.17, 15) is 10.0 Å². The topological polar surface area (TPSA) is 66.6 Å². The Labute approximate surface area is 117 Å². The second-order valence-electron chi connectivity index (χ2n) is 5.12. The summed E-state index contributed by atoms with van der Waals surface area (Å²) in [6.07, 6.45) is 0.449. The van der Waals surface area contributed by atoms with Crippen LogP contribution in [0.3, 0.4) is 0 Å². The van der Waals surface area contributed by atoms with Gasteiger partial charge in [-0.2, -0.15) is 5.06 Å². The van der Waals surface area contributed by atoms with Crippen molar-refractivity contribution in [1.82, 2.24) is 0 Å². The number of rotatable bonds is 1. The summed E-state index contributed by atoms with van der Waals surface area (Å²) in [7, 11) is 0. The summed E-state index contributed by atoms with van der Waals surface area (Å²) < 4.78 is 0. The van der Waals surface area contributed by atoms with E-state index in [2.05, 4.69) is 19.1 Å². The molecule has 102 valence electrons. The Morgan fingerprint density at radius 2 is 2.00 bits per heavy atom. The highest BCUT2D eigenvalue weighted by atomic mass is 16.5. The van der Waals surface area contributed by atoms with E-state index in [-0.39, 0.29) is 0 Å². The van der Waals surface area contributed by atoms with Gasteiger partial charge in [0.1, 0.15) is 0 Å². The third-order valence-electron chi connectivity index (χ3n) is 3.73. The van der Waals surface area contributed by atoms with Gasteiger partial charge in [0, 0.05) is 0 Å². The molecule has 2 aromatic carbocycles. The molecule has 0 spiro atoms. The van der Waals surface area contributed by atoms with E-state index in [0.29, 0.717) is 17.2 Å². The molecule has 0 saturated carbocycles. The van der Waals surface area contributed by atoms with Crippen LogP contribution in [0.2, 0.25) is 0 Å². The molecule has 0 aromatic heterocycles. The predicted octanol–water partition coefficient (Wildman–Crippen LogP) is 2.27. The van der Waals surface area contributed by atoms with Gasteiger partial charge in [-0.25, -0.2) is 0 Å². The van der Waals surface area contributed by atoms with Gasteiger partial charge in [-0.3, -0.25) is 10.0 Å². The number of hydrogen-bond acceptors (Lipinski definition) is 3. The van der Waals surface area contributed by atoms with Crippen LogP contribution in [0.1, 0.15) is 11.1 Å². The first kappa shape index (κ1) is 12.8. The van der Waals surface area contributed by atoms with Crippen molar-refractivity contribution in [1.29, 1.82) is 0 Å². The van der Waals surface area contributed by atoms with Gasteiger partial charge >= 0.3 is 0 Å². The molecule has 3 rings (SSSR count). The lowest BCUT2D eigenvalue weighted by Crippen LogP contribution is -2.47. The lowest BCUT2D eigenvalue weighted by molar-refractivity contribution is -0.125. The van der Waals surface area contributed by atoms with Crippen molar-refractivity contribution in [2.24, 2.45) is 5.73 Å². The van der Waals surface area contributed by atoms with E-state index < -0.39 is 11.9 Å². The number of nitrogens with zero attached hydrogens (tertiary/aromatic N) is 1. The van der Waals surface area contributed by atoms with E-state index in [1.165, 1.54) is 5.56 Å². The molecule has 4 heteroatoms. The number of fused-ring (bicyclic) bond motifs is 1. The number of anilines is 1. The van der Waals surface area contributed by atoms with Gasteiger partial charge in [0.2, 0.25) is 0 Å². The number of hydrogen-bond donors (Lipinski definition) is 2. The Morgan fingerprint density at radius 3 is 2.75 bits per heavy atom. The summed E-state index contributed by atoms with van der Waals surface area (Å²) in [5.74, 6) is -0.457. The number of carbonyl (C=O) groups excluding carboxylic acids is 1. The van der Waals surface area contributed by atoms with Crippen molar-refractivity contribution in [2.75, 3.05) is 5.06 Å². The highest BCUT2D eigenvalue weighted by Gasteiger charge is 2.29. The van der Waals surface area contributed by atoms with Crippen LogP contribution in [0.5, 0.6) is 0 Å². The minimum Gasteiger partial charge on any atom is -0.320 e. The molecule has 3 N–H and O–H groups in total. The van der Waals surface area contributed by atoms with Crippen molar-refractivity contribution in [2.45, 2.75) is 19.4 Å². The van der Waals surface area contributed by atoms with Crippen molar-refractivity contribution >= 4 is 11.6 Å². The number of amides is 1. The average molecular weight is 268 g/mol. The number of nitrogens with two attached hydrogens (primary N) is 1. The van der Waals surface area contributed by atoms with Gasteiger partial charge in [-0.05, 0) is 47.7 Å². The summed E-state index contributed by atoms with van der Waals surface area (Å²) >= 11 is 0. The predicted molar refractivity (Wildman–Crippen MR) is 77.6 cm³/mol. The lowest BCUT2D eigenvalue weighted by atomic mass is 9.93. The molecule has 0 saturated heterocycles. The normalized spacial score (nSPS) is 18.1. The van der Waals surface area contributed by atoms with Crippen molar-refractivity contribution in [3.63, 3.8) is 0 Å². The quantitative estimate of drug-likeness (QED) is 0.780. The smallest absolute Gasteiger partial charge is 0.267 e. The first-order valence-electron chi connectivity index (χ1n) is 6.55. The van der Waals surface area contributed by atoms with E-state index in [1.807, 2.05) is 24.3 Å². The van der Waals surface area contributed by atoms with E-state index in [0.717, 1.165) is 16.7 Å². The lowest BCUT2D eigenvalue weighted by Gasteiger charge is -2.28. The summed E-state index contributed by atoms with van der Waals surface area (Å²) in [4.78, 5) is 11.6. The van der Waals surface area contributed by atoms with Crippen LogP contribution in [-0.2, 0) is 11.2 Å². The van der Waals surface area contributed by atoms with Crippen molar-refractivity contribution in [3.8, 4) is 11.1 Å². The van der Waals surface area contributed by atoms with Gasteiger partial charge in [0.05, 0.1) is 11.7 Å². The largest absolute Gasteiger partial charge is 0.320 e. The second-order valence-corrected chi connectivity index (χ2v) is 5.12. The molecular weight excluding hydrogens is 252 g/mol. The molecule has 20 heavy (non-hydrogen) atoms. The van der Waals surface area contributed by atoms with Crippen LogP contribution >= 0.6 is 0 Å². The van der Waals surface area contributed by atoms with E-state index in [1.54, 1.807) is 6.07 Å². The third kappa shape index (κ3) is 1.99. The number of aryl methyl sites for hydroxylation is 1. The Morgan fingerprint density at radius 1 is 1.25 bits per heavy atom. The number of hydroxylamine groups is 1. The van der Waals surface area contributed by atoms with Gasteiger partial charge in [-0.1, -0.05) is 30.3 Å². The summed E-state index contributed by atoms with van der Waals surface area (Å²) in [5, 5.41) is 10.5. The third-order valence-corrected chi connectivity index (χ3v) is 3.73. The van der Waals surface area contributed by atoms with Crippen LogP contribution < -0.4 is 10.8 Å². The summed E-state index contributed by atoms with van der Waals surface area (Å²) in [6, 6.07) is 13.1. The fraction of sp³-hybridized carbons (Fsp3) is 0.188. The first-order valence-corrected chi connectivity index (χ1v) is 6.55. The number of carbonyl (C=O) groups is 1. The molecule has 1 heterocycles. The SMILES string of the molecule is Cc1ccccc1-c1ccc2c(c1)C[C@H](N)C(=O)N2O. The Hall–Kier alpha value is -2.17. The van der Waals surface area contributed by atoms with Crippen LogP contribution in [0.4, 0.5) is 5.69 Å². The van der Waals surface area contributed by atoms with Crippen molar-refractivity contribution in [3.05, 3.63) is 53.6 Å². The zero-order valence-corrected chi connectivity index (χ0v) is 11.2. The molecule has 1 aliphatic heterocycles. The van der Waals surface area contributed by atoms with Crippen molar-refractivity contribution < 1.29 is 10.0 Å². The van der Waals surface area contributed by atoms with Crippen LogP contribution in [0, 0.1) is 6.92 Å². The minimum absolute atomic E-state index is 0.449. The zero-order chi connectivity index (χ0) is 14.3. The zero-order valence-electron chi connectivity index (χ0n) is 11.2. The summed E-state index contributed by atoms with van der Waals surface area (Å²) in [5.41, 5.74) is 10.6. The van der Waals surface area contributed by atoms with Gasteiger partial charge in [0.25, 0.3) is 5.91 Å². The minimum atomic E-state index is -0.681. The molecular formula is C16H16N2O2. The van der Waals surface area contributed by atoms with E-state index in [4.69, 9.17) is 5.73 Å². The monoisotopic (exact) mass is 268 g/mol. The Bertz CT molecular complexity index is 682. The standard InChI is InChI=1S/C16H16N2O2/c1-10-4-2-3-5-13(10)11-6-7-15-12(8-11)9-14(17)16(19)18(15)20/h2-8,14,20H,9,17H2,1H3/t14-/m0/s1. The molecule has 0 unspecified atom stereocenters. The molecule has 1 aliphatic rings. The molecule has 0 aliphatic carbocycles. The maximum atomic E-state index is 11.6. The van der Waals surface area contributed by atoms with Crippen LogP contribution in [-0.4, -0.2) is 17.2 Å². The highest BCUT2D eigenvalue weighted by molar-refractivity contribution is 5.98. The molecule has 0 fully saturated rings. The molecule has 1 atom stereocenters. The second kappa shape index (κ2) is 4.74. The fourth-order valence-electron chi connectivity index (χ4n) is 2.62. The first-order chi connectivity index (χ1) is 9.58. The molecule has 4 nitrogen and oxygen atoms in total. The van der Waals surface area contributed by atoms with Gasteiger partial charge < -0.3 is 5.73 Å². The molecule has 0 radical (unpaired) electrons. The fourth-order valence-corrected chi connectivity index (χ4v) is 2.62. The van der Waals surface area contributed by atoms with E-state index >= 15 is 0 Å². The van der Waals surface area contributed by atoms with Crippen LogP contribution in [0.15, 0.2) is 42.5 Å². The Balaban J connectivity index is 2.09. The number of benzene rings is 2. The van der Waals surface area contributed by atoms with Gasteiger partial charge in [0.15, 0.2) is 0 Å². The average Bonchev–Trinajstić information content (AvgIpc) is 2.45. The molecule has 2 aromatic rings. The maximum Gasteiger partial charge on any atom is 0.267 e. The van der Waals surface area contributed by atoms with Crippen LogP contribution in [0.25, 0.3) is 11.1 Å². The molecule has 1 amide bonds. The molecule has 0 bridgehead atoms. The summed E-state index contributed by atoms with van der Waals surface area (Å²) in [6.45, 7) is 2.06.